The second-order valence-corrected chi connectivity index (χ2v) is 5.14. The first-order valence-electron chi connectivity index (χ1n) is 6.33. The maximum atomic E-state index is 10.8. The molecular weight excluding hydrogens is 309 g/mol. The molecule has 0 amide bonds. The number of hydrogen-bond donors (Lipinski definition) is 1. The molecule has 110 valence electrons. The third-order valence-corrected chi connectivity index (χ3v) is 3.72. The Labute approximate surface area is 134 Å². The zero-order chi connectivity index (χ0) is 14.0. The van der Waals surface area contributed by atoms with Crippen LogP contribution in [0.3, 0.4) is 0 Å². The summed E-state index contributed by atoms with van der Waals surface area (Å²) in [6, 6.07) is 7.18. The van der Waals surface area contributed by atoms with Gasteiger partial charge in [0, 0.05) is 23.6 Å². The van der Waals surface area contributed by atoms with Gasteiger partial charge >= 0.3 is 0 Å². The van der Waals surface area contributed by atoms with Crippen molar-refractivity contribution in [1.82, 2.24) is 9.55 Å². The number of rotatable bonds is 3. The molecule has 1 aromatic heterocycles. The van der Waals surface area contributed by atoms with E-state index in [9.17, 15) is 5.11 Å². The number of benzene rings is 1. The summed E-state index contributed by atoms with van der Waals surface area (Å²) in [5, 5.41) is 11.5. The molecule has 4 nitrogen and oxygen atoms in total. The summed E-state index contributed by atoms with van der Waals surface area (Å²) in [4.78, 5) is 8.37. The highest BCUT2D eigenvalue weighted by atomic mass is 35.5. The number of imidazole rings is 1. The van der Waals surface area contributed by atoms with Gasteiger partial charge in [-0.05, 0) is 17.7 Å². The standard InChI is InChI=1S/C15H14ClN3O.ClH/c16-13-4-2-12(3-5-13)14(20)15(6-1-7-17-10-15)19-9-8-18-11-19;/h1-6,8-11,14,20H,7H2;1H. The summed E-state index contributed by atoms with van der Waals surface area (Å²) in [7, 11) is 0. The molecule has 0 saturated heterocycles. The molecule has 2 atom stereocenters. The van der Waals surface area contributed by atoms with Crippen LogP contribution in [0, 0.1) is 0 Å². The predicted molar refractivity (Wildman–Crippen MR) is 86.4 cm³/mol. The molecule has 1 N–H and O–H groups in total. The Morgan fingerprint density at radius 2 is 2.05 bits per heavy atom. The molecule has 0 fully saturated rings. The van der Waals surface area contributed by atoms with Gasteiger partial charge < -0.3 is 9.67 Å². The Hall–Kier alpha value is -1.62. The highest BCUT2D eigenvalue weighted by Crippen LogP contribution is 2.34. The van der Waals surface area contributed by atoms with E-state index in [0.717, 1.165) is 5.56 Å². The minimum Gasteiger partial charge on any atom is -0.385 e. The molecule has 1 aliphatic rings. The maximum absolute atomic E-state index is 10.8. The lowest BCUT2D eigenvalue weighted by Gasteiger charge is -2.35. The molecule has 0 bridgehead atoms. The Morgan fingerprint density at radius 1 is 1.29 bits per heavy atom. The fraction of sp³-hybridized carbons (Fsp3) is 0.200. The molecule has 1 aliphatic heterocycles. The van der Waals surface area contributed by atoms with E-state index in [4.69, 9.17) is 11.6 Å². The van der Waals surface area contributed by atoms with Crippen molar-refractivity contribution in [2.75, 3.05) is 6.54 Å². The molecule has 2 heterocycles. The average Bonchev–Trinajstić information content (AvgIpc) is 3.03. The van der Waals surface area contributed by atoms with E-state index in [2.05, 4.69) is 9.98 Å². The van der Waals surface area contributed by atoms with Gasteiger partial charge in [0.2, 0.25) is 0 Å². The molecule has 0 saturated carbocycles. The topological polar surface area (TPSA) is 50.4 Å². The number of aliphatic imine (C=N–C) groups is 1. The van der Waals surface area contributed by atoms with E-state index >= 15 is 0 Å². The van der Waals surface area contributed by atoms with Crippen molar-refractivity contribution in [2.45, 2.75) is 11.6 Å². The van der Waals surface area contributed by atoms with Gasteiger partial charge in [-0.3, -0.25) is 4.99 Å². The van der Waals surface area contributed by atoms with Gasteiger partial charge in [0.05, 0.1) is 12.9 Å². The summed E-state index contributed by atoms with van der Waals surface area (Å²) in [5.41, 5.74) is 0.0314. The first-order chi connectivity index (χ1) is 9.72. The zero-order valence-electron chi connectivity index (χ0n) is 11.1. The molecular formula is C15H15Cl2N3O. The van der Waals surface area contributed by atoms with Gasteiger partial charge in [0.1, 0.15) is 11.6 Å². The quantitative estimate of drug-likeness (QED) is 0.883. The molecule has 0 aliphatic carbocycles. The zero-order valence-corrected chi connectivity index (χ0v) is 12.7. The van der Waals surface area contributed by atoms with Crippen LogP contribution >= 0.6 is 24.0 Å². The highest BCUT2D eigenvalue weighted by Gasteiger charge is 2.37. The number of halogens is 2. The monoisotopic (exact) mass is 323 g/mol. The molecule has 0 spiro atoms. The molecule has 2 aromatic rings. The lowest BCUT2D eigenvalue weighted by molar-refractivity contribution is 0.106. The summed E-state index contributed by atoms with van der Waals surface area (Å²) < 4.78 is 1.85. The number of hydrogen-bond acceptors (Lipinski definition) is 3. The Morgan fingerprint density at radius 3 is 2.62 bits per heavy atom. The second-order valence-electron chi connectivity index (χ2n) is 4.71. The van der Waals surface area contributed by atoms with Crippen molar-refractivity contribution in [1.29, 1.82) is 0 Å². The first-order valence-corrected chi connectivity index (χ1v) is 6.71. The van der Waals surface area contributed by atoms with Crippen LogP contribution in [0.2, 0.25) is 5.02 Å². The van der Waals surface area contributed by atoms with Crippen molar-refractivity contribution in [3.05, 3.63) is 65.7 Å². The predicted octanol–water partition coefficient (Wildman–Crippen LogP) is 3.03. The first kappa shape index (κ1) is 15.8. The second kappa shape index (κ2) is 6.43. The van der Waals surface area contributed by atoms with Crippen LogP contribution in [0.15, 0.2) is 60.1 Å². The van der Waals surface area contributed by atoms with E-state index in [0.29, 0.717) is 11.6 Å². The van der Waals surface area contributed by atoms with Crippen LogP contribution < -0.4 is 0 Å². The fourth-order valence-electron chi connectivity index (χ4n) is 2.40. The van der Waals surface area contributed by atoms with E-state index in [1.54, 1.807) is 30.9 Å². The largest absolute Gasteiger partial charge is 0.385 e. The molecule has 2 unspecified atom stereocenters. The molecule has 6 heteroatoms. The van der Waals surface area contributed by atoms with Crippen LogP contribution in [-0.4, -0.2) is 27.4 Å². The summed E-state index contributed by atoms with van der Waals surface area (Å²) >= 11 is 5.90. The third-order valence-electron chi connectivity index (χ3n) is 3.47. The lowest BCUT2D eigenvalue weighted by atomic mass is 9.86. The van der Waals surface area contributed by atoms with Crippen molar-refractivity contribution in [3.8, 4) is 0 Å². The normalized spacial score (nSPS) is 21.8. The number of aliphatic hydroxyl groups is 1. The summed E-state index contributed by atoms with van der Waals surface area (Å²) in [6.45, 7) is 0.629. The van der Waals surface area contributed by atoms with Gasteiger partial charge in [-0.25, -0.2) is 4.98 Å². The molecule has 3 rings (SSSR count). The van der Waals surface area contributed by atoms with Gasteiger partial charge in [0.15, 0.2) is 0 Å². The Balaban J connectivity index is 0.00000161. The van der Waals surface area contributed by atoms with E-state index in [1.165, 1.54) is 0 Å². The fourth-order valence-corrected chi connectivity index (χ4v) is 2.53. The number of dihydropyridines is 1. The van der Waals surface area contributed by atoms with Gasteiger partial charge in [-0.2, -0.15) is 0 Å². The van der Waals surface area contributed by atoms with Crippen molar-refractivity contribution < 1.29 is 5.11 Å². The van der Waals surface area contributed by atoms with Crippen LogP contribution in [0.25, 0.3) is 0 Å². The third kappa shape index (κ3) is 2.88. The van der Waals surface area contributed by atoms with Crippen molar-refractivity contribution in [3.63, 3.8) is 0 Å². The van der Waals surface area contributed by atoms with Gasteiger partial charge in [-0.15, -0.1) is 12.4 Å². The summed E-state index contributed by atoms with van der Waals surface area (Å²) in [6.07, 6.45) is 10.1. The van der Waals surface area contributed by atoms with E-state index in [1.807, 2.05) is 35.0 Å². The summed E-state index contributed by atoms with van der Waals surface area (Å²) in [5.74, 6) is 0. The van der Waals surface area contributed by atoms with Crippen LogP contribution in [-0.2, 0) is 5.54 Å². The highest BCUT2D eigenvalue weighted by molar-refractivity contribution is 6.30. The maximum Gasteiger partial charge on any atom is 0.129 e. The van der Waals surface area contributed by atoms with Gasteiger partial charge in [0.25, 0.3) is 0 Å². The van der Waals surface area contributed by atoms with Gasteiger partial charge in [-0.1, -0.05) is 35.9 Å². The van der Waals surface area contributed by atoms with Crippen molar-refractivity contribution in [2.24, 2.45) is 4.99 Å². The van der Waals surface area contributed by atoms with Crippen LogP contribution in [0.4, 0.5) is 0 Å². The molecule has 0 radical (unpaired) electrons. The molecule has 21 heavy (non-hydrogen) atoms. The minimum atomic E-state index is -0.769. The minimum absolute atomic E-state index is 0. The molecule has 1 aromatic carbocycles. The van der Waals surface area contributed by atoms with Crippen molar-refractivity contribution >= 4 is 30.2 Å². The Bertz CT molecular complexity index is 623. The smallest absolute Gasteiger partial charge is 0.129 e. The Kier molecular flexibility index (Phi) is 4.83. The average molecular weight is 324 g/mol. The van der Waals surface area contributed by atoms with E-state index < -0.39 is 11.6 Å². The van der Waals surface area contributed by atoms with E-state index in [-0.39, 0.29) is 12.4 Å². The number of aromatic nitrogens is 2. The lowest BCUT2D eigenvalue weighted by Crippen LogP contribution is -2.40. The number of aliphatic hydroxyl groups excluding tert-OH is 1. The SMILES string of the molecule is Cl.OC(c1ccc(Cl)cc1)C1(n2ccnc2)C=CCN=C1. The van der Waals surface area contributed by atoms with Crippen LogP contribution in [0.5, 0.6) is 0 Å². The van der Waals surface area contributed by atoms with Crippen LogP contribution in [0.1, 0.15) is 11.7 Å². The number of nitrogens with zero attached hydrogens (tertiary/aromatic N) is 3.